The first kappa shape index (κ1) is 23.5. The molecular weight excluding hydrogens is 413 g/mol. The number of carbonyl (C=O) groups is 1. The van der Waals surface area contributed by atoms with E-state index < -0.39 is 21.5 Å². The number of nitrogens with two attached hydrogens (primary N) is 1. The molecule has 0 aliphatic carbocycles. The minimum absolute atomic E-state index is 0.0487. The van der Waals surface area contributed by atoms with Crippen LogP contribution in [0.2, 0.25) is 0 Å². The lowest BCUT2D eigenvalue weighted by molar-refractivity contribution is 0.0789. The molecule has 1 atom stereocenters. The van der Waals surface area contributed by atoms with Crippen LogP contribution >= 0.6 is 11.3 Å². The number of amides is 2. The molecule has 6 nitrogen and oxygen atoms in total. The Morgan fingerprint density at radius 3 is 2.14 bits per heavy atom. The van der Waals surface area contributed by atoms with Crippen molar-refractivity contribution < 1.29 is 18.5 Å². The summed E-state index contributed by atoms with van der Waals surface area (Å²) in [7, 11) is -3.50. The summed E-state index contributed by atoms with van der Waals surface area (Å²) in [6.45, 7) is 10.7. The van der Waals surface area contributed by atoms with Crippen LogP contribution < -0.4 is 10.5 Å². The van der Waals surface area contributed by atoms with Gasteiger partial charge in [-0.1, -0.05) is 27.7 Å². The van der Waals surface area contributed by atoms with E-state index in [-0.39, 0.29) is 21.9 Å². The number of anilines is 1. The molecule has 0 bridgehead atoms. The van der Waals surface area contributed by atoms with Crippen LogP contribution in [0.15, 0.2) is 32.2 Å². The van der Waals surface area contributed by atoms with Crippen molar-refractivity contribution in [1.82, 2.24) is 0 Å². The maximum Gasteiger partial charge on any atom is 0.354 e. The van der Waals surface area contributed by atoms with Gasteiger partial charge in [-0.3, -0.25) is 0 Å². The summed E-state index contributed by atoms with van der Waals surface area (Å²) in [4.78, 5) is 12.6. The molecule has 1 aromatic carbocycles. The molecule has 0 fully saturated rings. The van der Waals surface area contributed by atoms with E-state index in [9.17, 15) is 18.5 Å². The molecule has 9 heteroatoms. The molecule has 0 radical (unpaired) electrons. The first-order valence-electron chi connectivity index (χ1n) is 9.23. The van der Waals surface area contributed by atoms with E-state index in [1.165, 1.54) is 18.2 Å². The SMILES string of the molecule is CC(C)c1cc(F)cc(C(C)C)c1NC(=O)N=[S@](N)(=O)c1cc(C(C)(C)O)cs1. The topological polar surface area (TPSA) is 105 Å². The summed E-state index contributed by atoms with van der Waals surface area (Å²) >= 11 is 1.07. The third kappa shape index (κ3) is 5.63. The van der Waals surface area contributed by atoms with Gasteiger partial charge in [0.2, 0.25) is 0 Å². The van der Waals surface area contributed by atoms with Crippen LogP contribution in [0, 0.1) is 5.82 Å². The fourth-order valence-electron chi connectivity index (χ4n) is 2.79. The number of hydrogen-bond acceptors (Lipinski definition) is 4. The summed E-state index contributed by atoms with van der Waals surface area (Å²) in [6, 6.07) is 3.37. The van der Waals surface area contributed by atoms with E-state index in [1.54, 1.807) is 19.2 Å². The summed E-state index contributed by atoms with van der Waals surface area (Å²) in [5, 5.41) is 20.2. The number of halogens is 1. The van der Waals surface area contributed by atoms with Crippen LogP contribution in [-0.4, -0.2) is 15.3 Å². The van der Waals surface area contributed by atoms with Crippen molar-refractivity contribution in [3.05, 3.63) is 46.1 Å². The highest BCUT2D eigenvalue weighted by atomic mass is 32.2. The molecule has 2 amide bonds. The van der Waals surface area contributed by atoms with Gasteiger partial charge in [0, 0.05) is 5.69 Å². The van der Waals surface area contributed by atoms with Gasteiger partial charge in [0.1, 0.15) is 10.0 Å². The summed E-state index contributed by atoms with van der Waals surface area (Å²) in [5.41, 5.74) is 1.12. The van der Waals surface area contributed by atoms with Gasteiger partial charge in [0.15, 0.2) is 9.92 Å². The second kappa shape index (κ2) is 8.51. The Labute approximate surface area is 175 Å². The fraction of sp³-hybridized carbons (Fsp3) is 0.450. The van der Waals surface area contributed by atoms with Crippen LogP contribution in [0.25, 0.3) is 0 Å². The zero-order valence-electron chi connectivity index (χ0n) is 17.4. The minimum atomic E-state index is -3.50. The molecule has 2 aromatic rings. The lowest BCUT2D eigenvalue weighted by Gasteiger charge is -2.19. The molecule has 1 heterocycles. The van der Waals surface area contributed by atoms with Gasteiger partial charge in [0.05, 0.1) is 5.60 Å². The average Bonchev–Trinajstić information content (AvgIpc) is 3.06. The second-order valence-corrected chi connectivity index (χ2v) is 11.0. The van der Waals surface area contributed by atoms with E-state index in [1.807, 2.05) is 27.7 Å². The first-order chi connectivity index (χ1) is 13.2. The smallest absolute Gasteiger partial charge is 0.354 e. The number of benzene rings is 1. The molecule has 29 heavy (non-hydrogen) atoms. The summed E-state index contributed by atoms with van der Waals surface area (Å²) in [6.07, 6.45) is 0. The molecular formula is C20H28FN3O3S2. The van der Waals surface area contributed by atoms with Crippen molar-refractivity contribution in [1.29, 1.82) is 0 Å². The Balaban J connectivity index is 2.44. The highest BCUT2D eigenvalue weighted by Crippen LogP contribution is 2.34. The van der Waals surface area contributed by atoms with Crippen molar-refractivity contribution in [3.8, 4) is 0 Å². The third-order valence-electron chi connectivity index (χ3n) is 4.43. The van der Waals surface area contributed by atoms with E-state index >= 15 is 0 Å². The Kier molecular flexibility index (Phi) is 6.89. The highest BCUT2D eigenvalue weighted by Gasteiger charge is 2.22. The van der Waals surface area contributed by atoms with E-state index in [0.717, 1.165) is 11.3 Å². The quantitative estimate of drug-likeness (QED) is 0.587. The second-order valence-electron chi connectivity index (χ2n) is 8.07. The maximum absolute atomic E-state index is 14.0. The van der Waals surface area contributed by atoms with Gasteiger partial charge in [-0.25, -0.2) is 18.5 Å². The molecule has 2 rings (SSSR count). The van der Waals surface area contributed by atoms with Gasteiger partial charge in [0.25, 0.3) is 0 Å². The molecule has 0 aliphatic heterocycles. The van der Waals surface area contributed by atoms with Crippen molar-refractivity contribution >= 4 is 33.0 Å². The van der Waals surface area contributed by atoms with Crippen LogP contribution in [0.5, 0.6) is 0 Å². The van der Waals surface area contributed by atoms with Crippen LogP contribution in [0.4, 0.5) is 14.9 Å². The molecule has 0 unspecified atom stereocenters. The zero-order valence-corrected chi connectivity index (χ0v) is 19.1. The van der Waals surface area contributed by atoms with E-state index in [2.05, 4.69) is 9.68 Å². The normalized spacial score (nSPS) is 14.2. The lowest BCUT2D eigenvalue weighted by Crippen LogP contribution is -2.19. The minimum Gasteiger partial charge on any atom is -0.386 e. The highest BCUT2D eigenvalue weighted by molar-refractivity contribution is 7.93. The first-order valence-corrected chi connectivity index (χ1v) is 11.7. The Morgan fingerprint density at radius 1 is 1.21 bits per heavy atom. The van der Waals surface area contributed by atoms with E-state index in [0.29, 0.717) is 22.4 Å². The van der Waals surface area contributed by atoms with Gasteiger partial charge >= 0.3 is 6.03 Å². The molecule has 0 aliphatic rings. The van der Waals surface area contributed by atoms with Crippen LogP contribution in [-0.2, 0) is 15.5 Å². The summed E-state index contributed by atoms with van der Waals surface area (Å²) < 4.78 is 30.8. The van der Waals surface area contributed by atoms with Gasteiger partial charge in [-0.15, -0.1) is 15.7 Å². The number of carbonyl (C=O) groups excluding carboxylic acids is 1. The molecule has 0 saturated heterocycles. The van der Waals surface area contributed by atoms with Crippen molar-refractivity contribution in [3.63, 3.8) is 0 Å². The number of aliphatic hydroxyl groups is 1. The molecule has 0 spiro atoms. The monoisotopic (exact) mass is 441 g/mol. The van der Waals surface area contributed by atoms with Crippen molar-refractivity contribution in [2.45, 2.75) is 63.2 Å². The number of urea groups is 1. The number of rotatable bonds is 5. The Hall–Kier alpha value is -1.81. The summed E-state index contributed by atoms with van der Waals surface area (Å²) in [5.74, 6) is -0.479. The molecule has 1 aromatic heterocycles. The largest absolute Gasteiger partial charge is 0.386 e. The predicted molar refractivity (Wildman–Crippen MR) is 116 cm³/mol. The number of thiophene rings is 1. The number of nitrogens with zero attached hydrogens (tertiary/aromatic N) is 1. The van der Waals surface area contributed by atoms with Gasteiger partial charge in [-0.05, 0) is 66.0 Å². The standard InChI is InChI=1S/C20H28FN3O3S2/c1-11(2)15-8-14(21)9-16(12(3)4)18(15)23-19(25)24-29(22,27)17-7-13(10-28-17)20(5,6)26/h7-12,26H,1-6H3,(H3,22,23,24,25,27)/t29-/m0/s1. The average molecular weight is 442 g/mol. The molecule has 4 N–H and O–H groups in total. The lowest BCUT2D eigenvalue weighted by atomic mass is 9.92. The Bertz CT molecular complexity index is 1000. The van der Waals surface area contributed by atoms with Crippen LogP contribution in [0.3, 0.4) is 0 Å². The van der Waals surface area contributed by atoms with Crippen LogP contribution in [0.1, 0.15) is 70.1 Å². The van der Waals surface area contributed by atoms with Crippen molar-refractivity contribution in [2.75, 3.05) is 5.32 Å². The fourth-order valence-corrected chi connectivity index (χ4v) is 5.07. The maximum atomic E-state index is 14.0. The predicted octanol–water partition coefficient (Wildman–Crippen LogP) is 5.29. The molecule has 160 valence electrons. The zero-order chi connectivity index (χ0) is 22.1. The Morgan fingerprint density at radius 2 is 1.72 bits per heavy atom. The van der Waals surface area contributed by atoms with Gasteiger partial charge < -0.3 is 10.4 Å². The van der Waals surface area contributed by atoms with E-state index in [4.69, 9.17) is 5.14 Å². The molecule has 0 saturated carbocycles. The third-order valence-corrected chi connectivity index (χ3v) is 7.29. The number of hydrogen-bond donors (Lipinski definition) is 3. The van der Waals surface area contributed by atoms with Gasteiger partial charge in [-0.2, -0.15) is 0 Å². The number of nitrogens with one attached hydrogen (secondary N) is 1. The van der Waals surface area contributed by atoms with Crippen molar-refractivity contribution in [2.24, 2.45) is 9.50 Å².